The average molecular weight is 279 g/mol. The molecule has 0 fully saturated rings. The van der Waals surface area contributed by atoms with E-state index in [1.165, 1.54) is 0 Å². The quantitative estimate of drug-likeness (QED) is 0.493. The van der Waals surface area contributed by atoms with Gasteiger partial charge < -0.3 is 15.2 Å². The first-order valence-electron chi connectivity index (χ1n) is 5.01. The number of alkyl halides is 3. The van der Waals surface area contributed by atoms with Gasteiger partial charge in [-0.1, -0.05) is 24.4 Å². The van der Waals surface area contributed by atoms with Crippen LogP contribution in [0.25, 0.3) is 0 Å². The van der Waals surface area contributed by atoms with E-state index in [1.54, 1.807) is 24.3 Å². The molecule has 0 atom stereocenters. The largest absolute Gasteiger partial charge is 0.468 e. The molecule has 0 aliphatic rings. The van der Waals surface area contributed by atoms with Crippen molar-refractivity contribution in [3.63, 3.8) is 0 Å². The van der Waals surface area contributed by atoms with E-state index in [-0.39, 0.29) is 0 Å². The Morgan fingerprint density at radius 1 is 1.22 bits per heavy atom. The van der Waals surface area contributed by atoms with Gasteiger partial charge in [0.25, 0.3) is 0 Å². The third kappa shape index (κ3) is 6.41. The second-order valence-electron chi connectivity index (χ2n) is 3.51. The van der Waals surface area contributed by atoms with Gasteiger partial charge in [0.1, 0.15) is 12.4 Å². The smallest absolute Gasteiger partial charge is 0.411 e. The first-order chi connectivity index (χ1) is 8.37. The number of thiocarbonyl (C=S) groups is 1. The Labute approximate surface area is 108 Å². The van der Waals surface area contributed by atoms with Crippen LogP contribution < -0.4 is 10.5 Å². The maximum absolute atomic E-state index is 11.8. The number of ether oxygens (including phenoxy) is 2. The van der Waals surface area contributed by atoms with E-state index in [4.69, 9.17) is 22.7 Å². The number of rotatable bonds is 6. The predicted molar refractivity (Wildman–Crippen MR) is 64.4 cm³/mol. The van der Waals surface area contributed by atoms with E-state index in [0.717, 1.165) is 5.56 Å². The van der Waals surface area contributed by atoms with E-state index >= 15 is 0 Å². The molecule has 0 bridgehead atoms. The van der Waals surface area contributed by atoms with Gasteiger partial charge >= 0.3 is 6.18 Å². The number of halogens is 3. The van der Waals surface area contributed by atoms with E-state index in [1.807, 2.05) is 0 Å². The van der Waals surface area contributed by atoms with Gasteiger partial charge in [-0.05, 0) is 17.7 Å². The summed E-state index contributed by atoms with van der Waals surface area (Å²) in [5, 5.41) is 0. The van der Waals surface area contributed by atoms with Gasteiger partial charge in [-0.15, -0.1) is 0 Å². The van der Waals surface area contributed by atoms with Crippen molar-refractivity contribution < 1.29 is 22.6 Å². The molecule has 0 heterocycles. The lowest BCUT2D eigenvalue weighted by molar-refractivity contribution is -0.186. The molecular weight excluding hydrogens is 267 g/mol. The van der Waals surface area contributed by atoms with Crippen molar-refractivity contribution in [3.8, 4) is 5.75 Å². The number of nitrogens with two attached hydrogens (primary N) is 1. The Bertz CT molecular complexity index is 392. The highest BCUT2D eigenvalue weighted by molar-refractivity contribution is 7.80. The maximum atomic E-state index is 11.8. The Balaban J connectivity index is 2.33. The minimum atomic E-state index is -4.34. The summed E-state index contributed by atoms with van der Waals surface area (Å²) in [6.07, 6.45) is -3.87. The lowest BCUT2D eigenvalue weighted by Crippen LogP contribution is -2.19. The van der Waals surface area contributed by atoms with Crippen LogP contribution in [-0.2, 0) is 11.2 Å². The first kappa shape index (κ1) is 14.7. The average Bonchev–Trinajstić information content (AvgIpc) is 2.24. The molecule has 0 spiro atoms. The van der Waals surface area contributed by atoms with Gasteiger partial charge in [0.2, 0.25) is 0 Å². The second kappa shape index (κ2) is 6.55. The molecule has 18 heavy (non-hydrogen) atoms. The molecule has 0 unspecified atom stereocenters. The maximum Gasteiger partial charge on any atom is 0.411 e. The highest BCUT2D eigenvalue weighted by Crippen LogP contribution is 2.16. The zero-order chi connectivity index (χ0) is 13.6. The van der Waals surface area contributed by atoms with Crippen molar-refractivity contribution in [1.29, 1.82) is 0 Å². The summed E-state index contributed by atoms with van der Waals surface area (Å²) in [5.41, 5.74) is 6.28. The van der Waals surface area contributed by atoms with E-state index < -0.39 is 19.6 Å². The third-order valence-corrected chi connectivity index (χ3v) is 2.02. The van der Waals surface area contributed by atoms with Crippen LogP contribution in [-0.4, -0.2) is 24.6 Å². The summed E-state index contributed by atoms with van der Waals surface area (Å²) in [5.74, 6) is 0.420. The fraction of sp³-hybridized carbons (Fsp3) is 0.364. The van der Waals surface area contributed by atoms with Crippen molar-refractivity contribution in [1.82, 2.24) is 0 Å². The van der Waals surface area contributed by atoms with Crippen molar-refractivity contribution in [2.24, 2.45) is 5.73 Å². The molecule has 1 aromatic rings. The summed E-state index contributed by atoms with van der Waals surface area (Å²) in [6, 6.07) is 6.70. The normalized spacial score (nSPS) is 11.3. The van der Waals surface area contributed by atoms with E-state index in [0.29, 0.717) is 17.2 Å². The molecule has 0 amide bonds. The minimum absolute atomic E-state index is 0.372. The summed E-state index contributed by atoms with van der Waals surface area (Å²) in [6.45, 7) is -1.78. The zero-order valence-corrected chi connectivity index (χ0v) is 10.2. The van der Waals surface area contributed by atoms with Crippen LogP contribution in [0.3, 0.4) is 0 Å². The van der Waals surface area contributed by atoms with Crippen LogP contribution in [0, 0.1) is 0 Å². The van der Waals surface area contributed by atoms with Crippen LogP contribution >= 0.6 is 12.2 Å². The van der Waals surface area contributed by atoms with Crippen LogP contribution in [0.2, 0.25) is 0 Å². The molecule has 0 aliphatic carbocycles. The molecule has 0 aliphatic heterocycles. The molecule has 0 aromatic heterocycles. The molecule has 0 saturated heterocycles. The monoisotopic (exact) mass is 279 g/mol. The lowest BCUT2D eigenvalue weighted by atomic mass is 10.1. The Kier molecular flexibility index (Phi) is 5.36. The highest BCUT2D eigenvalue weighted by atomic mass is 32.1. The molecule has 0 radical (unpaired) electrons. The van der Waals surface area contributed by atoms with Gasteiger partial charge in [0, 0.05) is 6.42 Å². The Morgan fingerprint density at radius 2 is 1.83 bits per heavy atom. The summed E-state index contributed by atoms with van der Waals surface area (Å²) in [4.78, 5) is 0.372. The first-order valence-corrected chi connectivity index (χ1v) is 5.42. The van der Waals surface area contributed by atoms with Gasteiger partial charge in [-0.2, -0.15) is 13.2 Å². The van der Waals surface area contributed by atoms with Crippen molar-refractivity contribution >= 4 is 17.2 Å². The van der Waals surface area contributed by atoms with Crippen LogP contribution in [0.4, 0.5) is 13.2 Å². The molecule has 1 rings (SSSR count). The predicted octanol–water partition coefficient (Wildman–Crippen LogP) is 2.43. The van der Waals surface area contributed by atoms with Crippen molar-refractivity contribution in [2.45, 2.75) is 12.6 Å². The number of hydrogen-bond donors (Lipinski definition) is 1. The summed E-state index contributed by atoms with van der Waals surface area (Å²) < 4.78 is 44.5. The number of hydrogen-bond acceptors (Lipinski definition) is 3. The molecular formula is C11H12F3NO2S. The van der Waals surface area contributed by atoms with Crippen LogP contribution in [0.15, 0.2) is 24.3 Å². The van der Waals surface area contributed by atoms with Crippen molar-refractivity contribution in [2.75, 3.05) is 13.4 Å². The molecule has 100 valence electrons. The Morgan fingerprint density at radius 3 is 2.33 bits per heavy atom. The molecule has 2 N–H and O–H groups in total. The van der Waals surface area contributed by atoms with Gasteiger partial charge in [-0.25, -0.2) is 0 Å². The zero-order valence-electron chi connectivity index (χ0n) is 9.37. The molecule has 1 aromatic carbocycles. The fourth-order valence-corrected chi connectivity index (χ4v) is 1.34. The fourth-order valence-electron chi connectivity index (χ4n) is 1.17. The SMILES string of the molecule is NC(=S)Cc1ccc(OCOCC(F)(F)F)cc1. The van der Waals surface area contributed by atoms with Crippen LogP contribution in [0.5, 0.6) is 5.75 Å². The highest BCUT2D eigenvalue weighted by Gasteiger charge is 2.27. The third-order valence-electron chi connectivity index (χ3n) is 1.88. The van der Waals surface area contributed by atoms with E-state index in [2.05, 4.69) is 4.74 Å². The van der Waals surface area contributed by atoms with E-state index in [9.17, 15) is 13.2 Å². The minimum Gasteiger partial charge on any atom is -0.468 e. The summed E-state index contributed by atoms with van der Waals surface area (Å²) >= 11 is 4.75. The van der Waals surface area contributed by atoms with Gasteiger partial charge in [-0.3, -0.25) is 0 Å². The van der Waals surface area contributed by atoms with Crippen molar-refractivity contribution in [3.05, 3.63) is 29.8 Å². The second-order valence-corrected chi connectivity index (χ2v) is 4.04. The summed E-state index contributed by atoms with van der Waals surface area (Å²) in [7, 11) is 0. The lowest BCUT2D eigenvalue weighted by Gasteiger charge is -2.09. The molecule has 0 saturated carbocycles. The molecule has 7 heteroatoms. The van der Waals surface area contributed by atoms with Crippen LogP contribution in [0.1, 0.15) is 5.56 Å². The standard InChI is InChI=1S/C11H12F3NO2S/c12-11(13,14)6-16-7-17-9-3-1-8(2-4-9)5-10(15)18/h1-4H,5-7H2,(H2,15,18). The van der Waals surface area contributed by atoms with Gasteiger partial charge in [0.15, 0.2) is 6.79 Å². The molecule has 3 nitrogen and oxygen atoms in total. The Hall–Kier alpha value is -1.34. The number of benzene rings is 1. The van der Waals surface area contributed by atoms with Gasteiger partial charge in [0.05, 0.1) is 4.99 Å². The topological polar surface area (TPSA) is 44.5 Å².